The lowest BCUT2D eigenvalue weighted by atomic mass is 9.87. The van der Waals surface area contributed by atoms with Gasteiger partial charge in [-0.2, -0.15) is 5.26 Å². The van der Waals surface area contributed by atoms with Crippen molar-refractivity contribution in [2.45, 2.75) is 20.8 Å². The minimum Gasteiger partial charge on any atom is -0.293 e. The maximum atomic E-state index is 13.2. The number of nitriles is 1. The van der Waals surface area contributed by atoms with Crippen molar-refractivity contribution in [1.29, 1.82) is 5.26 Å². The molecule has 29 heavy (non-hydrogen) atoms. The number of hydrogen-bond donors (Lipinski definition) is 0. The molecule has 1 aromatic carbocycles. The van der Waals surface area contributed by atoms with Gasteiger partial charge in [0.2, 0.25) is 0 Å². The van der Waals surface area contributed by atoms with Crippen molar-refractivity contribution in [1.82, 2.24) is 9.55 Å². The normalized spacial score (nSPS) is 13.1. The second kappa shape index (κ2) is 8.16. The van der Waals surface area contributed by atoms with Gasteiger partial charge in [0.1, 0.15) is 16.3 Å². The van der Waals surface area contributed by atoms with E-state index >= 15 is 0 Å². The molecule has 3 rings (SSSR count). The molecular weight excluding hydrogens is 406 g/mol. The Balaban J connectivity index is 2.43. The Morgan fingerprint density at radius 2 is 1.90 bits per heavy atom. The third-order valence-electron chi connectivity index (χ3n) is 4.11. The molecule has 0 aliphatic rings. The summed E-state index contributed by atoms with van der Waals surface area (Å²) in [6, 6.07) is 14.1. The first kappa shape index (κ1) is 20.7. The molecule has 0 saturated carbocycles. The third-order valence-corrected chi connectivity index (χ3v) is 5.45. The summed E-state index contributed by atoms with van der Waals surface area (Å²) in [5, 5.41) is 10.3. The number of benzene rings is 1. The average molecular weight is 424 g/mol. The van der Waals surface area contributed by atoms with E-state index in [4.69, 9.17) is 11.6 Å². The highest BCUT2D eigenvalue weighted by atomic mass is 35.5. The summed E-state index contributed by atoms with van der Waals surface area (Å²) in [5.41, 5.74) is 0.00518. The molecule has 0 bridgehead atoms. The van der Waals surface area contributed by atoms with Crippen molar-refractivity contribution in [3.8, 4) is 11.8 Å². The SMILES string of the molecule is CC(C)(C)C(=O)/C(C#N)=c1\s/c(=C\c2ccccn2)c(=O)n1-c1ccc(Cl)cc1. The van der Waals surface area contributed by atoms with Gasteiger partial charge in [0.25, 0.3) is 5.56 Å². The fourth-order valence-electron chi connectivity index (χ4n) is 2.64. The van der Waals surface area contributed by atoms with Crippen LogP contribution in [0.5, 0.6) is 0 Å². The van der Waals surface area contributed by atoms with Crippen LogP contribution in [0.3, 0.4) is 0 Å². The number of halogens is 1. The van der Waals surface area contributed by atoms with Gasteiger partial charge >= 0.3 is 0 Å². The van der Waals surface area contributed by atoms with Crippen molar-refractivity contribution >= 4 is 40.4 Å². The Morgan fingerprint density at radius 1 is 1.21 bits per heavy atom. The zero-order chi connectivity index (χ0) is 21.2. The molecule has 0 radical (unpaired) electrons. The van der Waals surface area contributed by atoms with Gasteiger partial charge < -0.3 is 0 Å². The zero-order valence-electron chi connectivity index (χ0n) is 16.1. The molecule has 5 nitrogen and oxygen atoms in total. The predicted octanol–water partition coefficient (Wildman–Crippen LogP) is 3.07. The van der Waals surface area contributed by atoms with Crippen LogP contribution in [0, 0.1) is 16.7 Å². The van der Waals surface area contributed by atoms with E-state index in [9.17, 15) is 14.9 Å². The number of aromatic nitrogens is 2. The molecule has 0 aliphatic heterocycles. The molecule has 2 heterocycles. The number of pyridine rings is 1. The minimum absolute atomic E-state index is 0.0461. The summed E-state index contributed by atoms with van der Waals surface area (Å²) in [6.45, 7) is 5.23. The highest BCUT2D eigenvalue weighted by molar-refractivity contribution is 7.07. The van der Waals surface area contributed by atoms with Crippen molar-refractivity contribution < 1.29 is 4.79 Å². The molecule has 0 amide bonds. The van der Waals surface area contributed by atoms with Gasteiger partial charge in [-0.25, -0.2) is 0 Å². The number of nitrogens with zero attached hydrogens (tertiary/aromatic N) is 3. The smallest absolute Gasteiger partial charge is 0.273 e. The zero-order valence-corrected chi connectivity index (χ0v) is 17.7. The molecule has 0 N–H and O–H groups in total. The van der Waals surface area contributed by atoms with Crippen LogP contribution in [0.4, 0.5) is 0 Å². The fraction of sp³-hybridized carbons (Fsp3) is 0.182. The van der Waals surface area contributed by atoms with E-state index in [0.717, 1.165) is 11.3 Å². The van der Waals surface area contributed by atoms with E-state index in [-0.39, 0.29) is 16.9 Å². The Hall–Kier alpha value is -3.01. The molecule has 0 atom stereocenters. The summed E-state index contributed by atoms with van der Waals surface area (Å²) in [4.78, 5) is 30.3. The van der Waals surface area contributed by atoms with E-state index in [1.807, 2.05) is 12.1 Å². The lowest BCUT2D eigenvalue weighted by Gasteiger charge is -2.15. The standard InChI is InChI=1S/C22H18ClN3O2S/c1-22(2,3)19(27)17(13-24)21-26(16-9-7-14(23)8-10-16)20(28)18(29-21)12-15-6-4-5-11-25-15/h4-12H,1-3H3/b18-12-,21-17-. The van der Waals surface area contributed by atoms with Gasteiger partial charge in [-0.1, -0.05) is 38.4 Å². The summed E-state index contributed by atoms with van der Waals surface area (Å²) in [7, 11) is 0. The van der Waals surface area contributed by atoms with Crippen molar-refractivity contribution in [3.63, 3.8) is 0 Å². The Bertz CT molecular complexity index is 1280. The van der Waals surface area contributed by atoms with Gasteiger partial charge in [0.05, 0.1) is 15.9 Å². The van der Waals surface area contributed by atoms with Crippen LogP contribution in [0.1, 0.15) is 26.5 Å². The lowest BCUT2D eigenvalue weighted by Crippen LogP contribution is -2.33. The third kappa shape index (κ3) is 4.37. The van der Waals surface area contributed by atoms with Crippen LogP contribution in [0.15, 0.2) is 53.5 Å². The molecular formula is C22H18ClN3O2S. The average Bonchev–Trinajstić information content (AvgIpc) is 2.99. The topological polar surface area (TPSA) is 75.8 Å². The maximum Gasteiger partial charge on any atom is 0.273 e. The van der Waals surface area contributed by atoms with Gasteiger partial charge in [-0.3, -0.25) is 19.1 Å². The van der Waals surface area contributed by atoms with Gasteiger partial charge in [0, 0.05) is 16.6 Å². The van der Waals surface area contributed by atoms with Crippen LogP contribution in [-0.4, -0.2) is 15.3 Å². The van der Waals surface area contributed by atoms with Crippen LogP contribution in [0.25, 0.3) is 17.3 Å². The Labute approximate surface area is 176 Å². The molecule has 0 spiro atoms. The molecule has 2 aromatic heterocycles. The second-order valence-electron chi connectivity index (χ2n) is 7.35. The molecule has 0 saturated heterocycles. The Morgan fingerprint density at radius 3 is 2.45 bits per heavy atom. The quantitative estimate of drug-likeness (QED) is 0.648. The minimum atomic E-state index is -0.763. The number of thiazole rings is 1. The number of carbonyl (C=O) groups is 1. The monoisotopic (exact) mass is 423 g/mol. The molecule has 3 aromatic rings. The summed E-state index contributed by atoms with van der Waals surface area (Å²) in [5.74, 6) is -0.326. The molecule has 146 valence electrons. The molecule has 0 fully saturated rings. The first-order valence-corrected chi connectivity index (χ1v) is 10.0. The van der Waals surface area contributed by atoms with E-state index < -0.39 is 5.41 Å². The largest absolute Gasteiger partial charge is 0.293 e. The summed E-state index contributed by atoms with van der Waals surface area (Å²) >= 11 is 7.08. The highest BCUT2D eigenvalue weighted by Crippen LogP contribution is 2.20. The van der Waals surface area contributed by atoms with Crippen LogP contribution < -0.4 is 14.8 Å². The predicted molar refractivity (Wildman–Crippen MR) is 115 cm³/mol. The molecule has 7 heteroatoms. The van der Waals surface area contributed by atoms with Gasteiger partial charge in [0.15, 0.2) is 5.78 Å². The second-order valence-corrected chi connectivity index (χ2v) is 8.82. The van der Waals surface area contributed by atoms with Crippen LogP contribution in [0.2, 0.25) is 5.02 Å². The van der Waals surface area contributed by atoms with E-state index in [1.165, 1.54) is 4.57 Å². The van der Waals surface area contributed by atoms with E-state index in [1.54, 1.807) is 69.4 Å². The van der Waals surface area contributed by atoms with Gasteiger partial charge in [-0.05, 0) is 42.5 Å². The fourth-order valence-corrected chi connectivity index (χ4v) is 3.85. The van der Waals surface area contributed by atoms with Crippen molar-refractivity contribution in [2.75, 3.05) is 0 Å². The van der Waals surface area contributed by atoms with Gasteiger partial charge in [-0.15, -0.1) is 11.3 Å². The molecule has 0 aliphatic carbocycles. The van der Waals surface area contributed by atoms with E-state index in [0.29, 0.717) is 25.6 Å². The first-order chi connectivity index (χ1) is 13.7. The summed E-state index contributed by atoms with van der Waals surface area (Å²) in [6.07, 6.45) is 3.29. The number of Topliss-reactive ketones (excluding diaryl/α,β-unsaturated/α-hetero) is 1. The summed E-state index contributed by atoms with van der Waals surface area (Å²) < 4.78 is 2.06. The maximum absolute atomic E-state index is 13.2. The number of carbonyl (C=O) groups excluding carboxylic acids is 1. The lowest BCUT2D eigenvalue weighted by molar-refractivity contribution is -0.120. The van der Waals surface area contributed by atoms with Crippen LogP contribution >= 0.6 is 22.9 Å². The van der Waals surface area contributed by atoms with Crippen molar-refractivity contribution in [3.05, 3.63) is 78.9 Å². The number of rotatable bonds is 3. The number of ketones is 1. The van der Waals surface area contributed by atoms with Crippen molar-refractivity contribution in [2.24, 2.45) is 5.41 Å². The highest BCUT2D eigenvalue weighted by Gasteiger charge is 2.27. The first-order valence-electron chi connectivity index (χ1n) is 8.82. The Kier molecular flexibility index (Phi) is 5.83. The van der Waals surface area contributed by atoms with E-state index in [2.05, 4.69) is 4.98 Å². The molecule has 0 unspecified atom stereocenters. The van der Waals surface area contributed by atoms with Crippen LogP contribution in [-0.2, 0) is 4.79 Å². The number of hydrogen-bond acceptors (Lipinski definition) is 5.